The number of hydrogen-bond donors (Lipinski definition) is 2. The van der Waals surface area contributed by atoms with E-state index in [-0.39, 0.29) is 12.4 Å². The van der Waals surface area contributed by atoms with Crippen LogP contribution in [0.25, 0.3) is 0 Å². The summed E-state index contributed by atoms with van der Waals surface area (Å²) in [6.45, 7) is 2.90. The molecule has 4 heteroatoms. The number of hydrogen-bond acceptors (Lipinski definition) is 3. The minimum Gasteiger partial charge on any atom is -0.485 e. The molecule has 2 unspecified atom stereocenters. The van der Waals surface area contributed by atoms with Gasteiger partial charge < -0.3 is 14.9 Å². The zero-order chi connectivity index (χ0) is 11.4. The van der Waals surface area contributed by atoms with Crippen LogP contribution in [0.2, 0.25) is 0 Å². The van der Waals surface area contributed by atoms with Crippen molar-refractivity contribution in [3.63, 3.8) is 0 Å². The first-order valence-corrected chi connectivity index (χ1v) is 4.79. The fourth-order valence-corrected chi connectivity index (χ4v) is 1.09. The number of rotatable bonds is 4. The fourth-order valence-electron chi connectivity index (χ4n) is 1.09. The molecule has 15 heavy (non-hydrogen) atoms. The van der Waals surface area contributed by atoms with Crippen LogP contribution in [-0.2, 0) is 6.61 Å². The Hall–Kier alpha value is -1.13. The highest BCUT2D eigenvalue weighted by molar-refractivity contribution is 5.34. The summed E-state index contributed by atoms with van der Waals surface area (Å²) in [6, 6.07) is 4.33. The molecule has 2 N–H and O–H groups in total. The van der Waals surface area contributed by atoms with E-state index in [0.717, 1.165) is 0 Å². The van der Waals surface area contributed by atoms with Crippen LogP contribution in [0.4, 0.5) is 4.39 Å². The molecule has 0 aliphatic rings. The highest BCUT2D eigenvalue weighted by Gasteiger charge is 2.15. The Bertz CT molecular complexity index is 326. The van der Waals surface area contributed by atoms with Crippen molar-refractivity contribution in [3.05, 3.63) is 29.6 Å². The van der Waals surface area contributed by atoms with Crippen LogP contribution in [-0.4, -0.2) is 22.4 Å². The van der Waals surface area contributed by atoms with Crippen molar-refractivity contribution in [1.29, 1.82) is 0 Å². The summed E-state index contributed by atoms with van der Waals surface area (Å²) in [7, 11) is 0. The third-order valence-electron chi connectivity index (χ3n) is 2.20. The van der Waals surface area contributed by atoms with Crippen molar-refractivity contribution in [1.82, 2.24) is 0 Å². The summed E-state index contributed by atoms with van der Waals surface area (Å²) in [5.41, 5.74) is 0.377. The Morgan fingerprint density at radius 2 is 2.07 bits per heavy atom. The molecule has 0 spiro atoms. The summed E-state index contributed by atoms with van der Waals surface area (Å²) in [4.78, 5) is 0. The van der Waals surface area contributed by atoms with Gasteiger partial charge in [0.25, 0.3) is 0 Å². The molecule has 3 nitrogen and oxygen atoms in total. The summed E-state index contributed by atoms with van der Waals surface area (Å²) in [6.07, 6.45) is -1.22. The molecular formula is C11H15FO3. The first kappa shape index (κ1) is 11.9. The number of aliphatic hydroxyl groups is 2. The molecule has 0 aliphatic heterocycles. The van der Waals surface area contributed by atoms with Gasteiger partial charge in [-0.15, -0.1) is 0 Å². The van der Waals surface area contributed by atoms with Gasteiger partial charge in [0.1, 0.15) is 6.10 Å². The second kappa shape index (κ2) is 5.09. The van der Waals surface area contributed by atoms with E-state index in [1.54, 1.807) is 19.9 Å². The van der Waals surface area contributed by atoms with Crippen molar-refractivity contribution in [2.45, 2.75) is 32.7 Å². The lowest BCUT2D eigenvalue weighted by molar-refractivity contribution is 0.0562. The van der Waals surface area contributed by atoms with Crippen LogP contribution in [0.5, 0.6) is 5.75 Å². The molecule has 84 valence electrons. The second-order valence-electron chi connectivity index (χ2n) is 3.45. The van der Waals surface area contributed by atoms with Gasteiger partial charge in [-0.25, -0.2) is 4.39 Å². The second-order valence-corrected chi connectivity index (χ2v) is 3.45. The van der Waals surface area contributed by atoms with Crippen LogP contribution in [0, 0.1) is 5.82 Å². The molecule has 0 fully saturated rings. The predicted octanol–water partition coefficient (Wildman–Crippen LogP) is 1.47. The predicted molar refractivity (Wildman–Crippen MR) is 54.1 cm³/mol. The third-order valence-corrected chi connectivity index (χ3v) is 2.20. The van der Waals surface area contributed by atoms with Crippen LogP contribution in [0.15, 0.2) is 18.2 Å². The number of benzene rings is 1. The molecule has 0 heterocycles. The van der Waals surface area contributed by atoms with Gasteiger partial charge in [-0.1, -0.05) is 12.1 Å². The molecule has 0 aromatic heterocycles. The van der Waals surface area contributed by atoms with Crippen LogP contribution in [0.1, 0.15) is 19.4 Å². The quantitative estimate of drug-likeness (QED) is 0.797. The largest absolute Gasteiger partial charge is 0.485 e. The fraction of sp³-hybridized carbons (Fsp3) is 0.455. The Balaban J connectivity index is 2.92. The van der Waals surface area contributed by atoms with E-state index < -0.39 is 18.0 Å². The van der Waals surface area contributed by atoms with E-state index in [4.69, 9.17) is 9.84 Å². The van der Waals surface area contributed by atoms with E-state index >= 15 is 0 Å². The third kappa shape index (κ3) is 2.91. The maximum absolute atomic E-state index is 13.3. The minimum atomic E-state index is -0.698. The van der Waals surface area contributed by atoms with Crippen molar-refractivity contribution in [2.75, 3.05) is 0 Å². The highest BCUT2D eigenvalue weighted by atomic mass is 19.1. The maximum atomic E-state index is 13.3. The minimum absolute atomic E-state index is 0.00778. The average Bonchev–Trinajstić information content (AvgIpc) is 2.20. The normalized spacial score (nSPS) is 14.7. The SMILES string of the molecule is CC(O)C(C)Oc1c(F)cccc1CO. The zero-order valence-electron chi connectivity index (χ0n) is 8.77. The lowest BCUT2D eigenvalue weighted by Gasteiger charge is -2.19. The zero-order valence-corrected chi connectivity index (χ0v) is 8.77. The molecule has 0 radical (unpaired) electrons. The van der Waals surface area contributed by atoms with Crippen LogP contribution < -0.4 is 4.74 Å². The Kier molecular flexibility index (Phi) is 4.05. The number of halogens is 1. The summed E-state index contributed by atoms with van der Waals surface area (Å²) < 4.78 is 18.6. The molecule has 1 aromatic carbocycles. The summed E-state index contributed by atoms with van der Waals surface area (Å²) in [5.74, 6) is -0.526. The van der Waals surface area contributed by atoms with Gasteiger partial charge in [-0.3, -0.25) is 0 Å². The maximum Gasteiger partial charge on any atom is 0.165 e. The Morgan fingerprint density at radius 3 is 2.60 bits per heavy atom. The van der Waals surface area contributed by atoms with Crippen molar-refractivity contribution >= 4 is 0 Å². The topological polar surface area (TPSA) is 49.7 Å². The molecule has 0 aliphatic carbocycles. The van der Waals surface area contributed by atoms with E-state index in [9.17, 15) is 9.50 Å². The van der Waals surface area contributed by atoms with Crippen molar-refractivity contribution < 1.29 is 19.3 Å². The van der Waals surface area contributed by atoms with E-state index in [0.29, 0.717) is 5.56 Å². The molecule has 0 bridgehead atoms. The Labute approximate surface area is 88.1 Å². The first-order valence-electron chi connectivity index (χ1n) is 4.79. The van der Waals surface area contributed by atoms with E-state index in [1.807, 2.05) is 0 Å². The van der Waals surface area contributed by atoms with Crippen LogP contribution >= 0.6 is 0 Å². The van der Waals surface area contributed by atoms with Gasteiger partial charge >= 0.3 is 0 Å². The molecule has 2 atom stereocenters. The molecular weight excluding hydrogens is 199 g/mol. The standard InChI is InChI=1S/C11H15FO3/c1-7(14)8(2)15-11-9(6-13)4-3-5-10(11)12/h3-5,7-8,13-14H,6H2,1-2H3. The lowest BCUT2D eigenvalue weighted by atomic mass is 10.2. The summed E-state index contributed by atoms with van der Waals surface area (Å²) in [5, 5.41) is 18.2. The molecule has 1 rings (SSSR count). The average molecular weight is 214 g/mol. The van der Waals surface area contributed by atoms with Crippen LogP contribution in [0.3, 0.4) is 0 Å². The smallest absolute Gasteiger partial charge is 0.165 e. The van der Waals surface area contributed by atoms with Gasteiger partial charge in [0.05, 0.1) is 12.7 Å². The number of ether oxygens (including phenoxy) is 1. The van der Waals surface area contributed by atoms with Crippen molar-refractivity contribution in [2.24, 2.45) is 0 Å². The number of para-hydroxylation sites is 1. The van der Waals surface area contributed by atoms with Gasteiger partial charge in [0.2, 0.25) is 0 Å². The van der Waals surface area contributed by atoms with E-state index in [1.165, 1.54) is 12.1 Å². The van der Waals surface area contributed by atoms with E-state index in [2.05, 4.69) is 0 Å². The monoisotopic (exact) mass is 214 g/mol. The number of aliphatic hydroxyl groups excluding tert-OH is 2. The van der Waals surface area contributed by atoms with Gasteiger partial charge in [-0.05, 0) is 19.9 Å². The molecule has 1 aromatic rings. The lowest BCUT2D eigenvalue weighted by Crippen LogP contribution is -2.26. The summed E-state index contributed by atoms with van der Waals surface area (Å²) >= 11 is 0. The highest BCUT2D eigenvalue weighted by Crippen LogP contribution is 2.24. The van der Waals surface area contributed by atoms with Gasteiger partial charge in [0.15, 0.2) is 11.6 Å². The first-order chi connectivity index (χ1) is 7.06. The van der Waals surface area contributed by atoms with Gasteiger partial charge in [0, 0.05) is 5.56 Å². The van der Waals surface area contributed by atoms with Gasteiger partial charge in [-0.2, -0.15) is 0 Å². The Morgan fingerprint density at radius 1 is 1.40 bits per heavy atom. The molecule has 0 amide bonds. The molecule has 0 saturated carbocycles. The van der Waals surface area contributed by atoms with Crippen molar-refractivity contribution in [3.8, 4) is 5.75 Å². The molecule has 0 saturated heterocycles.